The molecule has 1 aromatic rings. The van der Waals surface area contributed by atoms with Crippen molar-refractivity contribution in [3.05, 3.63) is 23.8 Å². The maximum Gasteiger partial charge on any atom is 0.191 e. The predicted molar refractivity (Wildman–Crippen MR) is 113 cm³/mol. The molecule has 5 nitrogen and oxygen atoms in total. The summed E-state index contributed by atoms with van der Waals surface area (Å²) in [5, 5.41) is 0. The molecule has 0 unspecified atom stereocenters. The monoisotopic (exact) mass is 465 g/mol. The van der Waals surface area contributed by atoms with Crippen LogP contribution < -0.4 is 15.2 Å². The molecule has 0 atom stereocenters. The molecule has 0 saturated carbocycles. The fraction of sp³-hybridized carbons (Fsp3) is 0.588. The second-order valence-corrected chi connectivity index (χ2v) is 6.46. The summed E-state index contributed by atoms with van der Waals surface area (Å²) < 4.78 is 11.2. The summed E-state index contributed by atoms with van der Waals surface area (Å²) in [6.07, 6.45) is 0.843. The number of nitrogens with two attached hydrogens (primary N) is 1. The van der Waals surface area contributed by atoms with Crippen LogP contribution in [0.5, 0.6) is 11.5 Å². The molecular formula is C17H28IN3O2S. The Morgan fingerprint density at radius 2 is 1.83 bits per heavy atom. The molecule has 1 fully saturated rings. The van der Waals surface area contributed by atoms with Crippen LogP contribution in [0.3, 0.4) is 0 Å². The SMILES string of the molecule is CCOc1ccc(CCN=C(N)N2CCSCC2)cc1OCC.I. The van der Waals surface area contributed by atoms with Gasteiger partial charge >= 0.3 is 0 Å². The molecule has 0 radical (unpaired) electrons. The van der Waals surface area contributed by atoms with Crippen molar-refractivity contribution in [3.63, 3.8) is 0 Å². The molecule has 1 aromatic carbocycles. The summed E-state index contributed by atoms with van der Waals surface area (Å²) in [5.74, 6) is 4.53. The smallest absolute Gasteiger partial charge is 0.191 e. The third-order valence-electron chi connectivity index (χ3n) is 3.62. The van der Waals surface area contributed by atoms with E-state index in [-0.39, 0.29) is 24.0 Å². The quantitative estimate of drug-likeness (QED) is 0.381. The van der Waals surface area contributed by atoms with Crippen LogP contribution in [0.25, 0.3) is 0 Å². The highest BCUT2D eigenvalue weighted by atomic mass is 127. The van der Waals surface area contributed by atoms with Crippen LogP contribution >= 0.6 is 35.7 Å². The fourth-order valence-electron chi connectivity index (χ4n) is 2.44. The molecule has 2 N–H and O–H groups in total. The Hall–Kier alpha value is -0.830. The van der Waals surface area contributed by atoms with Gasteiger partial charge in [-0.3, -0.25) is 4.99 Å². The Balaban J connectivity index is 0.00000288. The van der Waals surface area contributed by atoms with Crippen LogP contribution in [0.4, 0.5) is 0 Å². The van der Waals surface area contributed by atoms with Crippen LogP contribution in [0, 0.1) is 0 Å². The van der Waals surface area contributed by atoms with E-state index in [1.165, 1.54) is 5.56 Å². The highest BCUT2D eigenvalue weighted by molar-refractivity contribution is 14.0. The molecule has 1 saturated heterocycles. The van der Waals surface area contributed by atoms with Crippen LogP contribution in [-0.4, -0.2) is 55.2 Å². The van der Waals surface area contributed by atoms with Gasteiger partial charge in [-0.2, -0.15) is 11.8 Å². The predicted octanol–water partition coefficient (Wildman–Crippen LogP) is 3.01. The summed E-state index contributed by atoms with van der Waals surface area (Å²) in [4.78, 5) is 6.68. The van der Waals surface area contributed by atoms with E-state index in [0.717, 1.165) is 42.5 Å². The number of halogens is 1. The maximum absolute atomic E-state index is 6.08. The Morgan fingerprint density at radius 1 is 1.17 bits per heavy atom. The molecule has 0 amide bonds. The van der Waals surface area contributed by atoms with Crippen molar-refractivity contribution in [2.45, 2.75) is 20.3 Å². The molecule has 2 rings (SSSR count). The van der Waals surface area contributed by atoms with E-state index in [1.54, 1.807) is 0 Å². The van der Waals surface area contributed by atoms with E-state index < -0.39 is 0 Å². The van der Waals surface area contributed by atoms with E-state index in [4.69, 9.17) is 15.2 Å². The van der Waals surface area contributed by atoms with Gasteiger partial charge in [-0.05, 0) is 38.0 Å². The lowest BCUT2D eigenvalue weighted by atomic mass is 10.1. The molecule has 136 valence electrons. The molecule has 0 spiro atoms. The highest BCUT2D eigenvalue weighted by Crippen LogP contribution is 2.28. The minimum atomic E-state index is 0. The van der Waals surface area contributed by atoms with Crippen LogP contribution in [0.1, 0.15) is 19.4 Å². The zero-order valence-corrected chi connectivity index (χ0v) is 17.6. The average Bonchev–Trinajstić information content (AvgIpc) is 2.58. The molecule has 1 aliphatic heterocycles. The molecule has 7 heteroatoms. The van der Waals surface area contributed by atoms with Crippen molar-refractivity contribution in [1.82, 2.24) is 4.90 Å². The fourth-order valence-corrected chi connectivity index (χ4v) is 3.35. The summed E-state index contributed by atoms with van der Waals surface area (Å²) in [6, 6.07) is 6.08. The number of ether oxygens (including phenoxy) is 2. The second kappa shape index (κ2) is 11.7. The lowest BCUT2D eigenvalue weighted by Crippen LogP contribution is -2.42. The standard InChI is InChI=1S/C17H27N3O2S.HI/c1-3-21-15-6-5-14(13-16(15)22-4-2)7-8-19-17(18)20-9-11-23-12-10-20;/h5-6,13H,3-4,7-12H2,1-2H3,(H2,18,19);1H. The van der Waals surface area contributed by atoms with Crippen LogP contribution in [0.2, 0.25) is 0 Å². The van der Waals surface area contributed by atoms with Crippen molar-refractivity contribution >= 4 is 41.7 Å². The normalized spacial score (nSPS) is 14.9. The van der Waals surface area contributed by atoms with Gasteiger partial charge in [0, 0.05) is 31.1 Å². The Kier molecular flexibility index (Phi) is 10.3. The number of rotatable bonds is 7. The topological polar surface area (TPSA) is 60.1 Å². The first-order valence-electron chi connectivity index (χ1n) is 8.25. The number of hydrogen-bond donors (Lipinski definition) is 1. The van der Waals surface area contributed by atoms with E-state index in [2.05, 4.69) is 16.0 Å². The van der Waals surface area contributed by atoms with E-state index in [9.17, 15) is 0 Å². The molecular weight excluding hydrogens is 437 g/mol. The summed E-state index contributed by atoms with van der Waals surface area (Å²) in [6.45, 7) is 7.89. The van der Waals surface area contributed by atoms with Gasteiger partial charge in [-0.1, -0.05) is 6.07 Å². The number of nitrogens with zero attached hydrogens (tertiary/aromatic N) is 2. The maximum atomic E-state index is 6.08. The third kappa shape index (κ3) is 6.58. The van der Waals surface area contributed by atoms with Crippen LogP contribution in [-0.2, 0) is 6.42 Å². The van der Waals surface area contributed by atoms with Crippen molar-refractivity contribution in [2.24, 2.45) is 10.7 Å². The number of thioether (sulfide) groups is 1. The Morgan fingerprint density at radius 3 is 2.50 bits per heavy atom. The van der Waals surface area contributed by atoms with E-state index in [0.29, 0.717) is 25.7 Å². The molecule has 24 heavy (non-hydrogen) atoms. The lowest BCUT2D eigenvalue weighted by molar-refractivity contribution is 0.287. The number of aliphatic imine (C=N–C) groups is 1. The zero-order valence-electron chi connectivity index (χ0n) is 14.5. The first-order chi connectivity index (χ1) is 11.2. The highest BCUT2D eigenvalue weighted by Gasteiger charge is 2.12. The third-order valence-corrected chi connectivity index (χ3v) is 4.56. The zero-order chi connectivity index (χ0) is 16.5. The van der Waals surface area contributed by atoms with Gasteiger partial charge in [0.1, 0.15) is 0 Å². The molecule has 1 aliphatic rings. The van der Waals surface area contributed by atoms with Gasteiger partial charge in [-0.25, -0.2) is 0 Å². The Bertz CT molecular complexity index is 523. The van der Waals surface area contributed by atoms with Gasteiger partial charge in [-0.15, -0.1) is 24.0 Å². The summed E-state index contributed by atoms with van der Waals surface area (Å²) in [7, 11) is 0. The molecule has 0 bridgehead atoms. The molecule has 0 aromatic heterocycles. The summed E-state index contributed by atoms with van der Waals surface area (Å²) >= 11 is 1.97. The van der Waals surface area contributed by atoms with Crippen LogP contribution in [0.15, 0.2) is 23.2 Å². The number of benzene rings is 1. The lowest BCUT2D eigenvalue weighted by Gasteiger charge is -2.27. The second-order valence-electron chi connectivity index (χ2n) is 5.24. The number of guanidine groups is 1. The van der Waals surface area contributed by atoms with Crippen molar-refractivity contribution in [3.8, 4) is 11.5 Å². The Labute approximate surface area is 166 Å². The molecule has 1 heterocycles. The first kappa shape index (κ1) is 21.2. The van der Waals surface area contributed by atoms with Gasteiger partial charge in [0.15, 0.2) is 17.5 Å². The van der Waals surface area contributed by atoms with Crippen molar-refractivity contribution in [2.75, 3.05) is 44.4 Å². The number of hydrogen-bond acceptors (Lipinski definition) is 4. The van der Waals surface area contributed by atoms with Gasteiger partial charge in [0.05, 0.1) is 13.2 Å². The van der Waals surface area contributed by atoms with E-state index >= 15 is 0 Å². The van der Waals surface area contributed by atoms with Gasteiger partial charge in [0.2, 0.25) is 0 Å². The largest absolute Gasteiger partial charge is 0.490 e. The minimum absolute atomic E-state index is 0. The first-order valence-corrected chi connectivity index (χ1v) is 9.41. The minimum Gasteiger partial charge on any atom is -0.490 e. The van der Waals surface area contributed by atoms with Gasteiger partial charge in [0.25, 0.3) is 0 Å². The van der Waals surface area contributed by atoms with E-state index in [1.807, 2.05) is 37.7 Å². The average molecular weight is 465 g/mol. The summed E-state index contributed by atoms with van der Waals surface area (Å²) in [5.41, 5.74) is 7.26. The van der Waals surface area contributed by atoms with Crippen molar-refractivity contribution < 1.29 is 9.47 Å². The van der Waals surface area contributed by atoms with Gasteiger partial charge < -0.3 is 20.1 Å². The molecule has 0 aliphatic carbocycles. The van der Waals surface area contributed by atoms with Crippen molar-refractivity contribution in [1.29, 1.82) is 0 Å².